The highest BCUT2D eigenvalue weighted by Crippen LogP contribution is 2.36. The lowest BCUT2D eigenvalue weighted by molar-refractivity contribution is -0.135. The van der Waals surface area contributed by atoms with E-state index in [-0.39, 0.29) is 47.4 Å². The number of carbonyl (C=O) groups excluding carboxylic acids is 3. The predicted octanol–water partition coefficient (Wildman–Crippen LogP) is 5.96. The molecule has 4 aliphatic rings. The van der Waals surface area contributed by atoms with Gasteiger partial charge in [0.05, 0.1) is 35.5 Å². The molecule has 2 aliphatic heterocycles. The number of pyridine rings is 1. The van der Waals surface area contributed by atoms with E-state index in [4.69, 9.17) is 9.15 Å². The van der Waals surface area contributed by atoms with Crippen molar-refractivity contribution in [3.05, 3.63) is 76.4 Å². The number of ether oxygens (including phenoxy) is 1. The Morgan fingerprint density at radius 2 is 1.85 bits per heavy atom. The standard InChI is InChI=1S/C47H59F2N11O6/c1-56(19-16-34-26-58(20-21-65-34)18-3-4-29-9-12-37-39(22-29)57(2)47(64)60(37)38-13-14-41(61)54-45(38)63)25-31-7-10-33(11-8-31)59-27-35(42(55-59)43(48)49)52-44(62)36-28-66-46(53-36)32-15-17-50-40(23-32)51-24-30-5-6-30/h9,12,15,17,22-23,27-28,30-31,33-34,38,43H,3-8,10-11,13-14,16,18-21,24-26H2,1-2H3,(H,50,51)(H,52,62)(H,54,61,63)/t31-,33-,34-,38?/m0/s1. The maximum absolute atomic E-state index is 14.2. The predicted molar refractivity (Wildman–Crippen MR) is 242 cm³/mol. The van der Waals surface area contributed by atoms with Crippen molar-refractivity contribution in [2.24, 2.45) is 18.9 Å². The Balaban J connectivity index is 0.703. The topological polar surface area (TPSA) is 187 Å². The van der Waals surface area contributed by atoms with Gasteiger partial charge in [-0.15, -0.1) is 0 Å². The third kappa shape index (κ3) is 10.6. The highest BCUT2D eigenvalue weighted by Gasteiger charge is 2.32. The van der Waals surface area contributed by atoms with E-state index in [9.17, 15) is 28.0 Å². The van der Waals surface area contributed by atoms with Gasteiger partial charge >= 0.3 is 5.69 Å². The Kier molecular flexibility index (Phi) is 13.7. The van der Waals surface area contributed by atoms with Crippen molar-refractivity contribution >= 4 is 40.3 Å². The molecule has 352 valence electrons. The van der Waals surface area contributed by atoms with Crippen LogP contribution in [-0.2, 0) is 27.8 Å². The molecule has 1 unspecified atom stereocenters. The number of oxazole rings is 1. The number of imide groups is 1. The largest absolute Gasteiger partial charge is 0.444 e. The molecule has 19 heteroatoms. The molecule has 4 fully saturated rings. The Morgan fingerprint density at radius 1 is 1.03 bits per heavy atom. The third-order valence-electron chi connectivity index (χ3n) is 13.7. The van der Waals surface area contributed by atoms with Crippen LogP contribution in [0.25, 0.3) is 22.5 Å². The first kappa shape index (κ1) is 45.4. The van der Waals surface area contributed by atoms with Crippen LogP contribution in [0.3, 0.4) is 0 Å². The Bertz CT molecular complexity index is 2590. The molecule has 5 aromatic rings. The molecular weight excluding hydrogens is 853 g/mol. The van der Waals surface area contributed by atoms with Gasteiger partial charge in [0, 0.05) is 64.1 Å². The SMILES string of the molecule is CN(CC[C@H]1CN(CCCc2ccc3c(c2)n(C)c(=O)n3C2CCC(=O)NC2=O)CCO1)C[C@H]1CC[C@H](n2cc(NC(=O)c3coc(-c4ccnc(NCC5CC5)c4)n3)c(C(F)F)n2)CC1. The second kappa shape index (κ2) is 20.0. The molecule has 1 aromatic carbocycles. The van der Waals surface area contributed by atoms with E-state index in [0.717, 1.165) is 95.3 Å². The van der Waals surface area contributed by atoms with Crippen LogP contribution in [0.5, 0.6) is 0 Å². The summed E-state index contributed by atoms with van der Waals surface area (Å²) in [5.41, 5.74) is 2.44. The van der Waals surface area contributed by atoms with Crippen molar-refractivity contribution in [3.8, 4) is 11.5 Å². The quantitative estimate of drug-likeness (QED) is 0.0878. The number of hydrogen-bond donors (Lipinski definition) is 3. The maximum atomic E-state index is 14.2. The number of imidazole rings is 1. The van der Waals surface area contributed by atoms with E-state index in [0.29, 0.717) is 41.8 Å². The number of benzene rings is 1. The van der Waals surface area contributed by atoms with Crippen molar-refractivity contribution < 1.29 is 32.3 Å². The van der Waals surface area contributed by atoms with Crippen molar-refractivity contribution in [2.45, 2.75) is 95.2 Å². The molecule has 0 bridgehead atoms. The van der Waals surface area contributed by atoms with Crippen molar-refractivity contribution in [3.63, 3.8) is 0 Å². The summed E-state index contributed by atoms with van der Waals surface area (Å²) in [5, 5.41) is 12.5. The van der Waals surface area contributed by atoms with Gasteiger partial charge in [0.2, 0.25) is 17.7 Å². The van der Waals surface area contributed by atoms with E-state index in [1.807, 2.05) is 18.2 Å². The van der Waals surface area contributed by atoms with Crippen LogP contribution in [0.4, 0.5) is 20.3 Å². The summed E-state index contributed by atoms with van der Waals surface area (Å²) in [7, 11) is 3.87. The number of carbonyl (C=O) groups is 3. The zero-order valence-corrected chi connectivity index (χ0v) is 37.6. The Labute approximate surface area is 381 Å². The number of aryl methyl sites for hydroxylation is 2. The fourth-order valence-corrected chi connectivity index (χ4v) is 9.73. The zero-order chi connectivity index (χ0) is 45.9. The highest BCUT2D eigenvalue weighted by molar-refractivity contribution is 6.03. The average Bonchev–Trinajstić information content (AvgIpc) is 3.73. The van der Waals surface area contributed by atoms with Crippen LogP contribution in [0, 0.1) is 11.8 Å². The summed E-state index contributed by atoms with van der Waals surface area (Å²) in [6, 6.07) is 8.76. The van der Waals surface area contributed by atoms with Crippen molar-refractivity contribution in [1.29, 1.82) is 0 Å². The molecule has 6 heterocycles. The van der Waals surface area contributed by atoms with E-state index in [2.05, 4.69) is 47.9 Å². The van der Waals surface area contributed by atoms with Gasteiger partial charge in [-0.25, -0.2) is 23.5 Å². The minimum Gasteiger partial charge on any atom is -0.444 e. The molecule has 2 saturated heterocycles. The number of nitrogens with one attached hydrogen (secondary N) is 3. The fraction of sp³-hybridized carbons (Fsp3) is 0.553. The second-order valence-electron chi connectivity index (χ2n) is 18.6. The number of rotatable bonds is 18. The van der Waals surface area contributed by atoms with Gasteiger partial charge in [0.15, 0.2) is 11.4 Å². The molecule has 2 aliphatic carbocycles. The van der Waals surface area contributed by atoms with Gasteiger partial charge in [-0.2, -0.15) is 5.10 Å². The first-order valence-electron chi connectivity index (χ1n) is 23.4. The number of piperidine rings is 1. The normalized spacial score (nSPS) is 21.8. The van der Waals surface area contributed by atoms with Gasteiger partial charge in [-0.1, -0.05) is 6.07 Å². The number of amides is 3. The first-order chi connectivity index (χ1) is 31.9. The molecule has 4 aromatic heterocycles. The molecule has 2 saturated carbocycles. The molecular formula is C47H59F2N11O6. The third-order valence-corrected chi connectivity index (χ3v) is 13.7. The summed E-state index contributed by atoms with van der Waals surface area (Å²) in [6.07, 6.45) is 10.8. The van der Waals surface area contributed by atoms with Gasteiger partial charge in [-0.05, 0) is 119 Å². The molecule has 3 N–H and O–H groups in total. The van der Waals surface area contributed by atoms with Crippen molar-refractivity contribution in [2.75, 3.05) is 63.6 Å². The van der Waals surface area contributed by atoms with E-state index >= 15 is 0 Å². The minimum atomic E-state index is -2.87. The number of aromatic nitrogens is 6. The molecule has 9 rings (SSSR count). The highest BCUT2D eigenvalue weighted by atomic mass is 19.3. The molecule has 0 radical (unpaired) electrons. The van der Waals surface area contributed by atoms with Crippen molar-refractivity contribution in [1.82, 2.24) is 44.0 Å². The molecule has 17 nitrogen and oxygen atoms in total. The number of nitrogens with zero attached hydrogens (tertiary/aromatic N) is 8. The van der Waals surface area contributed by atoms with Crippen LogP contribution in [-0.4, -0.2) is 115 Å². The summed E-state index contributed by atoms with van der Waals surface area (Å²) in [6.45, 7) is 6.08. The number of alkyl halides is 2. The first-order valence-corrected chi connectivity index (χ1v) is 23.4. The molecule has 3 amide bonds. The number of morpholine rings is 1. The van der Waals surface area contributed by atoms with E-state index in [1.165, 1.54) is 29.9 Å². The van der Waals surface area contributed by atoms with Gasteiger partial charge in [0.1, 0.15) is 18.1 Å². The lowest BCUT2D eigenvalue weighted by atomic mass is 9.86. The van der Waals surface area contributed by atoms with Gasteiger partial charge < -0.3 is 24.7 Å². The van der Waals surface area contributed by atoms with Crippen LogP contribution >= 0.6 is 0 Å². The molecule has 0 spiro atoms. The summed E-state index contributed by atoms with van der Waals surface area (Å²) >= 11 is 0. The number of anilines is 2. The van der Waals surface area contributed by atoms with Crippen LogP contribution in [0.15, 0.2) is 58.2 Å². The lowest BCUT2D eigenvalue weighted by Crippen LogP contribution is -2.44. The number of fused-ring (bicyclic) bond motifs is 1. The Morgan fingerprint density at radius 3 is 2.64 bits per heavy atom. The van der Waals surface area contributed by atoms with Gasteiger partial charge in [-0.3, -0.25) is 38.4 Å². The summed E-state index contributed by atoms with van der Waals surface area (Å²) < 4.78 is 44.9. The minimum absolute atomic E-state index is 0.0276. The fourth-order valence-electron chi connectivity index (χ4n) is 9.73. The van der Waals surface area contributed by atoms with Crippen LogP contribution < -0.4 is 21.6 Å². The summed E-state index contributed by atoms with van der Waals surface area (Å²) in [5.74, 6) is 0.663. The maximum Gasteiger partial charge on any atom is 0.329 e. The second-order valence-corrected chi connectivity index (χ2v) is 18.6. The molecule has 2 atom stereocenters. The monoisotopic (exact) mass is 911 g/mol. The lowest BCUT2D eigenvalue weighted by Gasteiger charge is -2.35. The summed E-state index contributed by atoms with van der Waals surface area (Å²) in [4.78, 5) is 64.1. The van der Waals surface area contributed by atoms with Gasteiger partial charge in [0.25, 0.3) is 12.3 Å². The smallest absolute Gasteiger partial charge is 0.329 e. The zero-order valence-electron chi connectivity index (χ0n) is 37.6. The van der Waals surface area contributed by atoms with E-state index < -0.39 is 30.0 Å². The average molecular weight is 912 g/mol. The number of hydrogen-bond acceptors (Lipinski definition) is 12. The Hall–Kier alpha value is -5.79. The molecule has 66 heavy (non-hydrogen) atoms. The van der Waals surface area contributed by atoms with Crippen LogP contribution in [0.2, 0.25) is 0 Å². The number of halogens is 2. The van der Waals surface area contributed by atoms with E-state index in [1.54, 1.807) is 34.6 Å². The van der Waals surface area contributed by atoms with Crippen LogP contribution in [0.1, 0.15) is 104 Å².